The van der Waals surface area contributed by atoms with Crippen molar-refractivity contribution in [3.63, 3.8) is 0 Å². The van der Waals surface area contributed by atoms with Crippen LogP contribution in [0.25, 0.3) is 6.08 Å². The minimum absolute atomic E-state index is 0.0419. The second-order valence-corrected chi connectivity index (χ2v) is 11.7. The number of carbonyl (C=O) groups is 4. The number of alkyl halides is 1. The van der Waals surface area contributed by atoms with Crippen LogP contribution in [-0.4, -0.2) is 83.6 Å². The van der Waals surface area contributed by atoms with Crippen LogP contribution >= 0.6 is 7.75 Å². The van der Waals surface area contributed by atoms with Gasteiger partial charge >= 0.3 is 19.7 Å². The third kappa shape index (κ3) is 8.33. The second kappa shape index (κ2) is 13.7. The molecule has 3 rings (SSSR count). The van der Waals surface area contributed by atoms with Crippen LogP contribution in [0.15, 0.2) is 42.6 Å². The Kier molecular flexibility index (Phi) is 10.8. The minimum Gasteiger partial charge on any atom is -0.466 e. The summed E-state index contributed by atoms with van der Waals surface area (Å²) in [5.74, 6) is -2.45. The van der Waals surface area contributed by atoms with Gasteiger partial charge in [0.15, 0.2) is 17.7 Å². The van der Waals surface area contributed by atoms with Crippen molar-refractivity contribution < 1.29 is 56.5 Å². The third-order valence-electron chi connectivity index (χ3n) is 6.19. The van der Waals surface area contributed by atoms with Gasteiger partial charge in [-0.05, 0) is 57.5 Å². The number of aliphatic hydroxyl groups excluding tert-OH is 1. The number of hydrogen-bond acceptors (Lipinski definition) is 11. The standard InChI is InChI=1S/C27H34FN2O11P/c1-16(2)39-25(35)17(3)29-42(36,41-20-9-6-18(7-10-20)8-11-23(33)37-5)38-15-21-24(34)27(4,28)26(40-21)30-13-12-19(31)14-22(30)32/h6-13,16-17,21,24,26,34H,14-15H2,1-5H3,(H,29,36)/b11-8+/t17-,21+,24+,26+,27+,42?/m0/s1. The second-order valence-electron chi connectivity index (χ2n) is 10.0. The average Bonchev–Trinajstić information content (AvgIpc) is 3.14. The number of allylic oxidation sites excluding steroid dienone is 1. The van der Waals surface area contributed by atoms with E-state index in [9.17, 15) is 28.8 Å². The Balaban J connectivity index is 1.79. The molecule has 1 aromatic carbocycles. The highest BCUT2D eigenvalue weighted by atomic mass is 31.2. The van der Waals surface area contributed by atoms with Gasteiger partial charge in [-0.25, -0.2) is 13.8 Å². The van der Waals surface area contributed by atoms with Gasteiger partial charge in [0.05, 0.1) is 26.2 Å². The van der Waals surface area contributed by atoms with E-state index in [-0.39, 0.29) is 5.75 Å². The molecule has 15 heteroatoms. The average molecular weight is 613 g/mol. The number of nitrogens with one attached hydrogen (secondary N) is 1. The third-order valence-corrected chi connectivity index (χ3v) is 7.83. The van der Waals surface area contributed by atoms with Crippen molar-refractivity contribution in [2.24, 2.45) is 0 Å². The number of ketones is 1. The van der Waals surface area contributed by atoms with Gasteiger partial charge in [-0.15, -0.1) is 0 Å². The first-order chi connectivity index (χ1) is 19.6. The van der Waals surface area contributed by atoms with Crippen LogP contribution in [-0.2, 0) is 42.5 Å². The fraction of sp³-hybridized carbons (Fsp3) is 0.481. The maximum absolute atomic E-state index is 15.6. The molecule has 1 unspecified atom stereocenters. The van der Waals surface area contributed by atoms with Crippen LogP contribution in [0, 0.1) is 0 Å². The molecule has 1 fully saturated rings. The number of ether oxygens (including phenoxy) is 3. The van der Waals surface area contributed by atoms with Gasteiger partial charge in [0.25, 0.3) is 0 Å². The lowest BCUT2D eigenvalue weighted by Crippen LogP contribution is -2.51. The van der Waals surface area contributed by atoms with Crippen LogP contribution < -0.4 is 9.61 Å². The van der Waals surface area contributed by atoms with E-state index in [0.717, 1.165) is 24.1 Å². The number of rotatable bonds is 12. The van der Waals surface area contributed by atoms with E-state index in [1.54, 1.807) is 26.0 Å². The quantitative estimate of drug-likeness (QED) is 0.153. The lowest BCUT2D eigenvalue weighted by Gasteiger charge is -2.32. The molecule has 13 nitrogen and oxygen atoms in total. The van der Waals surface area contributed by atoms with Crippen LogP contribution in [0.1, 0.15) is 39.7 Å². The first-order valence-electron chi connectivity index (χ1n) is 13.0. The van der Waals surface area contributed by atoms with Gasteiger partial charge < -0.3 is 23.8 Å². The summed E-state index contributed by atoms with van der Waals surface area (Å²) in [5.41, 5.74) is -1.90. The van der Waals surface area contributed by atoms with E-state index in [4.69, 9.17) is 18.5 Å². The molecule has 0 saturated carbocycles. The highest BCUT2D eigenvalue weighted by Gasteiger charge is 2.57. The largest absolute Gasteiger partial charge is 0.466 e. The SMILES string of the molecule is COC(=O)/C=C/c1ccc(OP(=O)(N[C@@H](C)C(=O)OC(C)C)OC[C@H]2O[C@@H](N3C=CC(=O)CC3=O)[C@](C)(F)[C@@H]2O)cc1. The molecule has 6 atom stereocenters. The predicted octanol–water partition coefficient (Wildman–Crippen LogP) is 2.44. The molecular weight excluding hydrogens is 578 g/mol. The van der Waals surface area contributed by atoms with E-state index in [1.165, 1.54) is 38.3 Å². The van der Waals surface area contributed by atoms with E-state index in [2.05, 4.69) is 9.82 Å². The van der Waals surface area contributed by atoms with Crippen LogP contribution in [0.5, 0.6) is 5.75 Å². The number of nitrogens with zero attached hydrogens (tertiary/aromatic N) is 1. The Morgan fingerprint density at radius 1 is 1.26 bits per heavy atom. The van der Waals surface area contributed by atoms with Gasteiger partial charge in [0.1, 0.15) is 24.0 Å². The Labute approximate surface area is 242 Å². The number of carbonyl (C=O) groups excluding carboxylic acids is 4. The zero-order chi connectivity index (χ0) is 31.2. The van der Waals surface area contributed by atoms with Crippen molar-refractivity contribution in [3.05, 3.63) is 48.2 Å². The molecule has 230 valence electrons. The summed E-state index contributed by atoms with van der Waals surface area (Å²) in [5, 5.41) is 13.1. The number of methoxy groups -OCH3 is 1. The summed E-state index contributed by atoms with van der Waals surface area (Å²) in [6.45, 7) is 4.98. The Morgan fingerprint density at radius 3 is 2.52 bits per heavy atom. The molecule has 1 aromatic rings. The molecule has 0 spiro atoms. The van der Waals surface area contributed by atoms with Crippen molar-refractivity contribution in [2.45, 2.75) is 70.4 Å². The summed E-state index contributed by atoms with van der Waals surface area (Å²) in [7, 11) is -3.20. The maximum atomic E-state index is 15.6. The zero-order valence-corrected chi connectivity index (χ0v) is 24.6. The highest BCUT2D eigenvalue weighted by molar-refractivity contribution is 7.52. The highest BCUT2D eigenvalue weighted by Crippen LogP contribution is 2.47. The topological polar surface area (TPSA) is 167 Å². The van der Waals surface area contributed by atoms with Gasteiger partial charge in [-0.1, -0.05) is 12.1 Å². The van der Waals surface area contributed by atoms with Crippen molar-refractivity contribution in [1.82, 2.24) is 9.99 Å². The molecular formula is C27H34FN2O11P. The van der Waals surface area contributed by atoms with Crippen LogP contribution in [0.4, 0.5) is 4.39 Å². The lowest BCUT2D eigenvalue weighted by molar-refractivity contribution is -0.151. The van der Waals surface area contributed by atoms with Crippen LogP contribution in [0.3, 0.4) is 0 Å². The Hall–Kier alpha value is -3.42. The molecule has 0 radical (unpaired) electrons. The molecule has 2 N–H and O–H groups in total. The smallest absolute Gasteiger partial charge is 0.459 e. The monoisotopic (exact) mass is 612 g/mol. The first-order valence-corrected chi connectivity index (χ1v) is 14.5. The molecule has 2 heterocycles. The van der Waals surface area contributed by atoms with Gasteiger partial charge in [-0.2, -0.15) is 5.09 Å². The number of aliphatic hydroxyl groups is 1. The maximum Gasteiger partial charge on any atom is 0.459 e. The molecule has 1 amide bonds. The number of hydrogen-bond donors (Lipinski definition) is 2. The van der Waals surface area contributed by atoms with E-state index < -0.39 is 80.7 Å². The molecule has 2 aliphatic rings. The number of amides is 1. The first kappa shape index (κ1) is 33.1. The Bertz CT molecular complexity index is 1280. The molecule has 0 aliphatic carbocycles. The van der Waals surface area contributed by atoms with Crippen molar-refractivity contribution in [1.29, 1.82) is 0 Å². The van der Waals surface area contributed by atoms with Crippen molar-refractivity contribution >= 4 is 37.5 Å². The number of halogens is 1. The van der Waals surface area contributed by atoms with E-state index >= 15 is 4.39 Å². The summed E-state index contributed by atoms with van der Waals surface area (Å²) in [6.07, 6.45) is -0.949. The van der Waals surface area contributed by atoms with Gasteiger partial charge in [0.2, 0.25) is 5.91 Å². The molecule has 0 bridgehead atoms. The van der Waals surface area contributed by atoms with Gasteiger partial charge in [0, 0.05) is 12.3 Å². The number of esters is 2. The molecule has 0 aromatic heterocycles. The number of benzene rings is 1. The van der Waals surface area contributed by atoms with Crippen LogP contribution in [0.2, 0.25) is 0 Å². The summed E-state index contributed by atoms with van der Waals surface area (Å²) in [4.78, 5) is 48.5. The molecule has 42 heavy (non-hydrogen) atoms. The summed E-state index contributed by atoms with van der Waals surface area (Å²) in [6, 6.07) is 4.77. The fourth-order valence-electron chi connectivity index (χ4n) is 4.00. The fourth-order valence-corrected chi connectivity index (χ4v) is 5.50. The normalized spacial score (nSPS) is 26.4. The van der Waals surface area contributed by atoms with Gasteiger partial charge in [-0.3, -0.25) is 23.8 Å². The van der Waals surface area contributed by atoms with Crippen molar-refractivity contribution in [2.75, 3.05) is 13.7 Å². The lowest BCUT2D eigenvalue weighted by atomic mass is 9.97. The van der Waals surface area contributed by atoms with E-state index in [0.29, 0.717) is 5.56 Å². The van der Waals surface area contributed by atoms with E-state index in [1.807, 2.05) is 0 Å². The summed E-state index contributed by atoms with van der Waals surface area (Å²) < 4.78 is 55.8. The molecule has 1 saturated heterocycles. The molecule has 2 aliphatic heterocycles. The zero-order valence-electron chi connectivity index (χ0n) is 23.7. The predicted molar refractivity (Wildman–Crippen MR) is 145 cm³/mol. The Morgan fingerprint density at radius 2 is 1.93 bits per heavy atom. The van der Waals surface area contributed by atoms with Crippen molar-refractivity contribution in [3.8, 4) is 5.75 Å². The summed E-state index contributed by atoms with van der Waals surface area (Å²) >= 11 is 0. The minimum atomic E-state index is -4.43.